The lowest BCUT2D eigenvalue weighted by atomic mass is 9.99. The molecule has 4 atom stereocenters. The van der Waals surface area contributed by atoms with E-state index < -0.39 is 47.9 Å². The Bertz CT molecular complexity index is 1530. The molecule has 8 N–H and O–H groups in total. The Morgan fingerprint density at radius 1 is 0.837 bits per heavy atom. The van der Waals surface area contributed by atoms with Crippen LogP contribution in [0, 0.1) is 5.92 Å². The van der Waals surface area contributed by atoms with Crippen LogP contribution in [0.1, 0.15) is 30.7 Å². The summed E-state index contributed by atoms with van der Waals surface area (Å²) in [5, 5.41) is 18.7. The number of nitrogens with two attached hydrogens (primary N) is 1. The van der Waals surface area contributed by atoms with Gasteiger partial charge in [-0.1, -0.05) is 62.4 Å². The molecule has 4 unspecified atom stereocenters. The molecule has 0 spiro atoms. The molecule has 2 aromatic carbocycles. The van der Waals surface area contributed by atoms with E-state index in [0.717, 1.165) is 22.0 Å². The lowest BCUT2D eigenvalue weighted by Crippen LogP contribution is -2.59. The van der Waals surface area contributed by atoms with Gasteiger partial charge in [-0.05, 0) is 29.5 Å². The van der Waals surface area contributed by atoms with Crippen molar-refractivity contribution in [2.24, 2.45) is 11.7 Å². The summed E-state index contributed by atoms with van der Waals surface area (Å²) in [6, 6.07) is 12.6. The van der Waals surface area contributed by atoms with Crippen molar-refractivity contribution >= 4 is 34.6 Å². The second-order valence-electron chi connectivity index (χ2n) is 10.8. The van der Waals surface area contributed by atoms with E-state index >= 15 is 0 Å². The number of rotatable bonds is 14. The van der Waals surface area contributed by atoms with Crippen molar-refractivity contribution in [2.75, 3.05) is 0 Å². The maximum Gasteiger partial charge on any atom is 0.326 e. The predicted molar refractivity (Wildman–Crippen MR) is 161 cm³/mol. The van der Waals surface area contributed by atoms with Crippen molar-refractivity contribution in [3.63, 3.8) is 0 Å². The summed E-state index contributed by atoms with van der Waals surface area (Å²) in [5.41, 5.74) is 9.43. The van der Waals surface area contributed by atoms with Crippen LogP contribution in [0.4, 0.5) is 0 Å². The highest BCUT2D eigenvalue weighted by Crippen LogP contribution is 2.19. The van der Waals surface area contributed by atoms with Gasteiger partial charge in [-0.25, -0.2) is 9.78 Å². The van der Waals surface area contributed by atoms with Gasteiger partial charge in [0.1, 0.15) is 18.1 Å². The molecule has 12 heteroatoms. The van der Waals surface area contributed by atoms with Crippen LogP contribution < -0.4 is 21.7 Å². The molecule has 0 aliphatic rings. The van der Waals surface area contributed by atoms with E-state index in [0.29, 0.717) is 5.69 Å². The largest absolute Gasteiger partial charge is 0.480 e. The third-order valence-electron chi connectivity index (χ3n) is 7.21. The smallest absolute Gasteiger partial charge is 0.326 e. The molecular formula is C31H37N7O5. The Balaban J connectivity index is 1.47. The third-order valence-corrected chi connectivity index (χ3v) is 7.21. The van der Waals surface area contributed by atoms with Crippen LogP contribution in [0.25, 0.3) is 10.9 Å². The topological polar surface area (TPSA) is 195 Å². The minimum atomic E-state index is -1.24. The average Bonchev–Trinajstić information content (AvgIpc) is 3.65. The van der Waals surface area contributed by atoms with Gasteiger partial charge in [0.05, 0.1) is 12.4 Å². The molecule has 0 radical (unpaired) electrons. The van der Waals surface area contributed by atoms with Gasteiger partial charge in [-0.2, -0.15) is 0 Å². The SMILES string of the molecule is CC(C)C(NC(=O)C(Cc1ccccc1)NC(=O)C(N)Cc1c[nH]c2ccccc12)C(=O)NC(Cc1cnc[nH]1)C(=O)O. The molecule has 0 bridgehead atoms. The number of para-hydroxylation sites is 1. The molecule has 3 amide bonds. The van der Waals surface area contributed by atoms with E-state index in [4.69, 9.17) is 5.73 Å². The summed E-state index contributed by atoms with van der Waals surface area (Å²) in [7, 11) is 0. The number of aliphatic carboxylic acids is 1. The first-order chi connectivity index (χ1) is 20.6. The first-order valence-electron chi connectivity index (χ1n) is 14.1. The van der Waals surface area contributed by atoms with Crippen LogP contribution in [0.2, 0.25) is 0 Å². The summed E-state index contributed by atoms with van der Waals surface area (Å²) in [5.74, 6) is -3.38. The number of benzene rings is 2. The average molecular weight is 588 g/mol. The molecule has 12 nitrogen and oxygen atoms in total. The molecule has 4 aromatic rings. The highest BCUT2D eigenvalue weighted by atomic mass is 16.4. The van der Waals surface area contributed by atoms with Crippen molar-refractivity contribution in [1.82, 2.24) is 30.9 Å². The van der Waals surface area contributed by atoms with E-state index in [1.165, 1.54) is 12.5 Å². The van der Waals surface area contributed by atoms with Crippen molar-refractivity contribution in [3.8, 4) is 0 Å². The fourth-order valence-electron chi connectivity index (χ4n) is 4.83. The van der Waals surface area contributed by atoms with E-state index in [9.17, 15) is 24.3 Å². The van der Waals surface area contributed by atoms with E-state index in [-0.39, 0.29) is 25.2 Å². The van der Waals surface area contributed by atoms with Gasteiger partial charge in [0, 0.05) is 41.8 Å². The Hall–Kier alpha value is -4.97. The molecule has 0 saturated carbocycles. The quantitative estimate of drug-likeness (QED) is 0.116. The van der Waals surface area contributed by atoms with Gasteiger partial charge in [0.2, 0.25) is 17.7 Å². The van der Waals surface area contributed by atoms with Crippen LogP contribution in [0.5, 0.6) is 0 Å². The normalized spacial score (nSPS) is 14.0. The maximum absolute atomic E-state index is 13.6. The number of carboxylic acid groups (broad SMARTS) is 1. The summed E-state index contributed by atoms with van der Waals surface area (Å²) in [6.07, 6.45) is 5.10. The van der Waals surface area contributed by atoms with Gasteiger partial charge in [0.25, 0.3) is 0 Å². The third kappa shape index (κ3) is 8.29. The molecule has 2 heterocycles. The van der Waals surface area contributed by atoms with Crippen LogP contribution >= 0.6 is 0 Å². The summed E-state index contributed by atoms with van der Waals surface area (Å²) in [4.78, 5) is 61.8. The number of carboxylic acids is 1. The Labute approximate surface area is 248 Å². The van der Waals surface area contributed by atoms with Crippen LogP contribution in [0.15, 0.2) is 73.3 Å². The summed E-state index contributed by atoms with van der Waals surface area (Å²) in [6.45, 7) is 3.47. The number of hydrogen-bond acceptors (Lipinski definition) is 6. The number of aromatic amines is 2. The zero-order chi connectivity index (χ0) is 30.9. The highest BCUT2D eigenvalue weighted by molar-refractivity contribution is 5.94. The molecule has 0 fully saturated rings. The number of imidazole rings is 1. The second-order valence-corrected chi connectivity index (χ2v) is 10.8. The second kappa shape index (κ2) is 14.3. The predicted octanol–water partition coefficient (Wildman–Crippen LogP) is 1.44. The van der Waals surface area contributed by atoms with Crippen molar-refractivity contribution in [2.45, 2.75) is 57.3 Å². The maximum atomic E-state index is 13.6. The van der Waals surface area contributed by atoms with Gasteiger partial charge < -0.3 is 36.8 Å². The number of aromatic nitrogens is 3. The van der Waals surface area contributed by atoms with Crippen molar-refractivity contribution < 1.29 is 24.3 Å². The summed E-state index contributed by atoms with van der Waals surface area (Å²) >= 11 is 0. The number of H-pyrrole nitrogens is 2. The fraction of sp³-hybridized carbons (Fsp3) is 0.323. The number of carbonyl (C=O) groups excluding carboxylic acids is 3. The molecule has 43 heavy (non-hydrogen) atoms. The van der Waals surface area contributed by atoms with E-state index in [1.807, 2.05) is 60.8 Å². The summed E-state index contributed by atoms with van der Waals surface area (Å²) < 4.78 is 0. The molecule has 0 saturated heterocycles. The van der Waals surface area contributed by atoms with Gasteiger partial charge in [-0.3, -0.25) is 14.4 Å². The van der Waals surface area contributed by atoms with Crippen LogP contribution in [-0.2, 0) is 38.4 Å². The number of nitrogens with zero attached hydrogens (tertiary/aromatic N) is 1. The van der Waals surface area contributed by atoms with Crippen molar-refractivity contribution in [1.29, 1.82) is 0 Å². The minimum absolute atomic E-state index is 0.0131. The molecule has 226 valence electrons. The Morgan fingerprint density at radius 2 is 1.53 bits per heavy atom. The lowest BCUT2D eigenvalue weighted by molar-refractivity contribution is -0.142. The number of amides is 3. The Morgan fingerprint density at radius 3 is 2.21 bits per heavy atom. The molecular weight excluding hydrogens is 550 g/mol. The molecule has 2 aromatic heterocycles. The van der Waals surface area contributed by atoms with Gasteiger partial charge in [0.15, 0.2) is 0 Å². The number of fused-ring (bicyclic) bond motifs is 1. The highest BCUT2D eigenvalue weighted by Gasteiger charge is 2.32. The standard InChI is InChI=1S/C31H37N7O5/c1-18(2)27(30(41)37-26(31(42)43)14-21-16-33-17-35-21)38-29(40)25(12-19-8-4-3-5-9-19)36-28(39)23(32)13-20-15-34-24-11-7-6-10-22(20)24/h3-11,15-18,23,25-27,34H,12-14,32H2,1-2H3,(H,33,35)(H,36,39)(H,37,41)(H,38,40)(H,42,43). The van der Waals surface area contributed by atoms with Gasteiger partial charge >= 0.3 is 5.97 Å². The zero-order valence-corrected chi connectivity index (χ0v) is 24.0. The lowest BCUT2D eigenvalue weighted by Gasteiger charge is -2.27. The zero-order valence-electron chi connectivity index (χ0n) is 24.0. The monoisotopic (exact) mass is 587 g/mol. The molecule has 4 rings (SSSR count). The minimum Gasteiger partial charge on any atom is -0.480 e. The first kappa shape index (κ1) is 31.0. The Kier molecular flexibility index (Phi) is 10.3. The van der Waals surface area contributed by atoms with E-state index in [2.05, 4.69) is 30.9 Å². The van der Waals surface area contributed by atoms with Crippen molar-refractivity contribution in [3.05, 3.63) is 90.1 Å². The van der Waals surface area contributed by atoms with Gasteiger partial charge in [-0.15, -0.1) is 0 Å². The molecule has 0 aliphatic carbocycles. The number of carbonyl (C=O) groups is 4. The van der Waals surface area contributed by atoms with E-state index in [1.54, 1.807) is 13.8 Å². The first-order valence-corrected chi connectivity index (χ1v) is 14.1. The molecule has 0 aliphatic heterocycles. The number of hydrogen-bond donors (Lipinski definition) is 7. The van der Waals surface area contributed by atoms with Crippen LogP contribution in [0.3, 0.4) is 0 Å². The number of nitrogens with one attached hydrogen (secondary N) is 5. The fourth-order valence-corrected chi connectivity index (χ4v) is 4.83. The van der Waals surface area contributed by atoms with Crippen LogP contribution in [-0.4, -0.2) is 67.9 Å².